The van der Waals surface area contributed by atoms with E-state index in [-0.39, 0.29) is 0 Å². The van der Waals surface area contributed by atoms with Crippen LogP contribution in [0.2, 0.25) is 0 Å². The van der Waals surface area contributed by atoms with Crippen molar-refractivity contribution >= 4 is 0 Å². The molecule has 70 valence electrons. The summed E-state index contributed by atoms with van der Waals surface area (Å²) in [5.41, 5.74) is 5.89. The largest absolute Gasteiger partial charge is 0.381 e. The first-order valence-electron chi connectivity index (χ1n) is 4.90. The van der Waals surface area contributed by atoms with Crippen LogP contribution in [0.25, 0.3) is 0 Å². The predicted molar refractivity (Wildman–Crippen MR) is 48.0 cm³/mol. The number of hydrogen-bond donors (Lipinski definition) is 1. The fourth-order valence-electron chi connectivity index (χ4n) is 2.01. The van der Waals surface area contributed by atoms with Gasteiger partial charge >= 0.3 is 0 Å². The van der Waals surface area contributed by atoms with Crippen molar-refractivity contribution < 1.29 is 4.74 Å². The fraction of sp³-hybridized carbons (Fsp3) is 1.00. The molecule has 0 spiro atoms. The first-order valence-corrected chi connectivity index (χ1v) is 4.90. The lowest BCUT2D eigenvalue weighted by Gasteiger charge is -2.36. The molecule has 0 aromatic carbocycles. The molecule has 0 aliphatic carbocycles. The molecule has 3 nitrogen and oxygen atoms in total. The van der Waals surface area contributed by atoms with Gasteiger partial charge in [0, 0.05) is 25.0 Å². The third-order valence-corrected chi connectivity index (χ3v) is 2.77. The van der Waals surface area contributed by atoms with Crippen molar-refractivity contribution in [3.8, 4) is 0 Å². The van der Waals surface area contributed by atoms with Crippen LogP contribution in [0.15, 0.2) is 0 Å². The highest BCUT2D eigenvalue weighted by atomic mass is 16.5. The van der Waals surface area contributed by atoms with Crippen LogP contribution in [-0.2, 0) is 4.74 Å². The van der Waals surface area contributed by atoms with Crippen LogP contribution in [0.5, 0.6) is 0 Å². The van der Waals surface area contributed by atoms with E-state index in [1.165, 1.54) is 25.9 Å². The summed E-state index contributed by atoms with van der Waals surface area (Å²) in [6.45, 7) is 5.46. The summed E-state index contributed by atoms with van der Waals surface area (Å²) < 4.78 is 5.15. The van der Waals surface area contributed by atoms with Crippen LogP contribution in [-0.4, -0.2) is 43.8 Å². The minimum atomic E-state index is 0.416. The zero-order valence-electron chi connectivity index (χ0n) is 7.54. The van der Waals surface area contributed by atoms with Gasteiger partial charge in [0.25, 0.3) is 0 Å². The Kier molecular flexibility index (Phi) is 2.63. The second kappa shape index (κ2) is 3.73. The number of rotatable bonds is 2. The van der Waals surface area contributed by atoms with Gasteiger partial charge in [0.15, 0.2) is 0 Å². The van der Waals surface area contributed by atoms with Crippen LogP contribution in [0.1, 0.15) is 12.8 Å². The van der Waals surface area contributed by atoms with Gasteiger partial charge in [-0.3, -0.25) is 0 Å². The van der Waals surface area contributed by atoms with Crippen molar-refractivity contribution in [1.29, 1.82) is 0 Å². The predicted octanol–water partition coefficient (Wildman–Crippen LogP) is 0.0559. The SMILES string of the molecule is NC1CCCN(CC2COC2)C1. The van der Waals surface area contributed by atoms with Gasteiger partial charge in [0.1, 0.15) is 0 Å². The average Bonchev–Trinajstić information content (AvgIpc) is 1.97. The monoisotopic (exact) mass is 170 g/mol. The highest BCUT2D eigenvalue weighted by Crippen LogP contribution is 2.15. The lowest BCUT2D eigenvalue weighted by Crippen LogP contribution is -2.47. The topological polar surface area (TPSA) is 38.5 Å². The third-order valence-electron chi connectivity index (χ3n) is 2.77. The van der Waals surface area contributed by atoms with E-state index in [0.29, 0.717) is 6.04 Å². The Morgan fingerprint density at radius 2 is 2.25 bits per heavy atom. The van der Waals surface area contributed by atoms with Gasteiger partial charge in [-0.05, 0) is 19.4 Å². The first-order chi connectivity index (χ1) is 5.84. The molecule has 2 rings (SSSR count). The van der Waals surface area contributed by atoms with Crippen molar-refractivity contribution in [3.05, 3.63) is 0 Å². The van der Waals surface area contributed by atoms with E-state index in [1.54, 1.807) is 0 Å². The van der Waals surface area contributed by atoms with E-state index >= 15 is 0 Å². The molecule has 2 fully saturated rings. The van der Waals surface area contributed by atoms with Gasteiger partial charge in [-0.25, -0.2) is 0 Å². The van der Waals surface area contributed by atoms with Crippen LogP contribution >= 0.6 is 0 Å². The molecule has 1 unspecified atom stereocenters. The van der Waals surface area contributed by atoms with Crippen molar-refractivity contribution in [1.82, 2.24) is 4.90 Å². The molecule has 0 bridgehead atoms. The van der Waals surface area contributed by atoms with Crippen LogP contribution in [0.4, 0.5) is 0 Å². The summed E-state index contributed by atoms with van der Waals surface area (Å²) in [6, 6.07) is 0.416. The zero-order chi connectivity index (χ0) is 8.39. The molecule has 0 amide bonds. The number of ether oxygens (including phenoxy) is 1. The molecule has 0 radical (unpaired) electrons. The van der Waals surface area contributed by atoms with Crippen molar-refractivity contribution in [2.75, 3.05) is 32.8 Å². The molecule has 2 aliphatic rings. The Bertz CT molecular complexity index is 147. The van der Waals surface area contributed by atoms with Gasteiger partial charge in [-0.2, -0.15) is 0 Å². The molecule has 2 saturated heterocycles. The Labute approximate surface area is 73.9 Å². The van der Waals surface area contributed by atoms with Crippen LogP contribution < -0.4 is 5.73 Å². The fourth-order valence-corrected chi connectivity index (χ4v) is 2.01. The van der Waals surface area contributed by atoms with E-state index in [9.17, 15) is 0 Å². The molecular weight excluding hydrogens is 152 g/mol. The maximum atomic E-state index is 5.89. The maximum absolute atomic E-state index is 5.89. The Balaban J connectivity index is 1.71. The van der Waals surface area contributed by atoms with E-state index in [0.717, 1.165) is 25.7 Å². The minimum Gasteiger partial charge on any atom is -0.381 e. The summed E-state index contributed by atoms with van der Waals surface area (Å²) >= 11 is 0. The summed E-state index contributed by atoms with van der Waals surface area (Å²) in [5.74, 6) is 0.787. The molecule has 3 heteroatoms. The molecule has 2 heterocycles. The van der Waals surface area contributed by atoms with E-state index in [4.69, 9.17) is 10.5 Å². The quantitative estimate of drug-likeness (QED) is 0.636. The smallest absolute Gasteiger partial charge is 0.0528 e. The number of nitrogens with zero attached hydrogens (tertiary/aromatic N) is 1. The van der Waals surface area contributed by atoms with Crippen molar-refractivity contribution in [3.63, 3.8) is 0 Å². The van der Waals surface area contributed by atoms with Gasteiger partial charge in [0.05, 0.1) is 13.2 Å². The van der Waals surface area contributed by atoms with Gasteiger partial charge in [0.2, 0.25) is 0 Å². The number of hydrogen-bond acceptors (Lipinski definition) is 3. The summed E-state index contributed by atoms with van der Waals surface area (Å²) in [4.78, 5) is 2.49. The summed E-state index contributed by atoms with van der Waals surface area (Å²) in [7, 11) is 0. The van der Waals surface area contributed by atoms with Crippen LogP contribution in [0, 0.1) is 5.92 Å². The molecule has 1 atom stereocenters. The lowest BCUT2D eigenvalue weighted by molar-refractivity contribution is -0.0489. The third kappa shape index (κ3) is 1.97. The maximum Gasteiger partial charge on any atom is 0.0528 e. The van der Waals surface area contributed by atoms with Gasteiger partial charge in [-0.15, -0.1) is 0 Å². The Morgan fingerprint density at radius 1 is 1.42 bits per heavy atom. The zero-order valence-corrected chi connectivity index (χ0v) is 7.54. The Hall–Kier alpha value is -0.120. The molecular formula is C9H18N2O. The highest BCUT2D eigenvalue weighted by molar-refractivity contribution is 4.78. The van der Waals surface area contributed by atoms with Gasteiger partial charge in [-0.1, -0.05) is 0 Å². The second-order valence-corrected chi connectivity index (χ2v) is 4.07. The van der Waals surface area contributed by atoms with E-state index in [1.807, 2.05) is 0 Å². The van der Waals surface area contributed by atoms with Gasteiger partial charge < -0.3 is 15.4 Å². The minimum absolute atomic E-state index is 0.416. The molecule has 2 N–H and O–H groups in total. The first kappa shape index (κ1) is 8.48. The summed E-state index contributed by atoms with van der Waals surface area (Å²) in [6.07, 6.45) is 2.48. The molecule has 2 aliphatic heterocycles. The summed E-state index contributed by atoms with van der Waals surface area (Å²) in [5, 5.41) is 0. The standard InChI is InChI=1S/C9H18N2O/c10-9-2-1-3-11(5-9)4-8-6-12-7-8/h8-9H,1-7,10H2. The lowest BCUT2D eigenvalue weighted by atomic mass is 10.0. The number of likely N-dealkylation sites (tertiary alicyclic amines) is 1. The van der Waals surface area contributed by atoms with Crippen LogP contribution in [0.3, 0.4) is 0 Å². The molecule has 0 aromatic heterocycles. The average molecular weight is 170 g/mol. The second-order valence-electron chi connectivity index (χ2n) is 4.07. The Morgan fingerprint density at radius 3 is 2.83 bits per heavy atom. The molecule has 0 saturated carbocycles. The molecule has 12 heavy (non-hydrogen) atoms. The normalized spacial score (nSPS) is 33.2. The number of piperidine rings is 1. The van der Waals surface area contributed by atoms with Crippen molar-refractivity contribution in [2.24, 2.45) is 11.7 Å². The van der Waals surface area contributed by atoms with E-state index < -0.39 is 0 Å². The van der Waals surface area contributed by atoms with Crippen molar-refractivity contribution in [2.45, 2.75) is 18.9 Å². The number of nitrogens with two attached hydrogens (primary N) is 1. The molecule has 0 aromatic rings. The van der Waals surface area contributed by atoms with E-state index in [2.05, 4.69) is 4.90 Å². The highest BCUT2D eigenvalue weighted by Gasteiger charge is 2.24.